The number of unbranched alkanes of at least 4 members (excludes halogenated alkanes) is 1. The predicted octanol–water partition coefficient (Wildman–Crippen LogP) is 4.89. The van der Waals surface area contributed by atoms with E-state index in [0.717, 1.165) is 24.8 Å². The zero-order valence-electron chi connectivity index (χ0n) is 11.8. The van der Waals surface area contributed by atoms with Crippen LogP contribution in [0, 0.1) is 0 Å². The fourth-order valence-electron chi connectivity index (χ4n) is 2.71. The molecule has 1 N–H and O–H groups in total. The van der Waals surface area contributed by atoms with Crippen molar-refractivity contribution in [3.05, 3.63) is 65.7 Å². The van der Waals surface area contributed by atoms with Crippen LogP contribution in [0.3, 0.4) is 0 Å². The van der Waals surface area contributed by atoms with E-state index >= 15 is 0 Å². The highest BCUT2D eigenvalue weighted by atomic mass is 16.3. The van der Waals surface area contributed by atoms with Gasteiger partial charge in [-0.05, 0) is 18.1 Å². The quantitative estimate of drug-likeness (QED) is 0.805. The van der Waals surface area contributed by atoms with Crippen molar-refractivity contribution >= 4 is 0 Å². The topological polar surface area (TPSA) is 20.2 Å². The van der Waals surface area contributed by atoms with E-state index in [1.165, 1.54) is 5.56 Å². The SMILES string of the molecule is CCCCC(C)(c1ccccc1)c1ccccc1O. The van der Waals surface area contributed by atoms with Crippen LogP contribution in [0.15, 0.2) is 54.6 Å². The number of hydrogen-bond donors (Lipinski definition) is 1. The Balaban J connectivity index is 2.49. The van der Waals surface area contributed by atoms with Gasteiger partial charge in [0.25, 0.3) is 0 Å². The molecule has 0 bridgehead atoms. The summed E-state index contributed by atoms with van der Waals surface area (Å²) in [7, 11) is 0. The summed E-state index contributed by atoms with van der Waals surface area (Å²) in [6.07, 6.45) is 3.36. The number of phenols is 1. The van der Waals surface area contributed by atoms with Crippen molar-refractivity contribution in [1.82, 2.24) is 0 Å². The van der Waals surface area contributed by atoms with Crippen LogP contribution in [0.5, 0.6) is 5.75 Å². The smallest absolute Gasteiger partial charge is 0.119 e. The summed E-state index contributed by atoms with van der Waals surface area (Å²) < 4.78 is 0. The van der Waals surface area contributed by atoms with Gasteiger partial charge in [0.05, 0.1) is 0 Å². The number of benzene rings is 2. The Kier molecular flexibility index (Phi) is 4.26. The van der Waals surface area contributed by atoms with Crippen LogP contribution in [0.4, 0.5) is 0 Å². The Bertz CT molecular complexity index is 518. The summed E-state index contributed by atoms with van der Waals surface area (Å²) in [5, 5.41) is 10.2. The Hall–Kier alpha value is -1.76. The van der Waals surface area contributed by atoms with Crippen molar-refractivity contribution in [2.45, 2.75) is 38.5 Å². The molecule has 0 aliphatic heterocycles. The van der Waals surface area contributed by atoms with Gasteiger partial charge in [-0.15, -0.1) is 0 Å². The van der Waals surface area contributed by atoms with Gasteiger partial charge in [-0.2, -0.15) is 0 Å². The van der Waals surface area contributed by atoms with Gasteiger partial charge >= 0.3 is 0 Å². The van der Waals surface area contributed by atoms with Crippen LogP contribution in [0.1, 0.15) is 44.2 Å². The summed E-state index contributed by atoms with van der Waals surface area (Å²) >= 11 is 0. The minimum atomic E-state index is -0.122. The molecule has 2 aromatic rings. The number of phenolic OH excluding ortho intramolecular Hbond substituents is 1. The van der Waals surface area contributed by atoms with Gasteiger partial charge in [0.15, 0.2) is 0 Å². The van der Waals surface area contributed by atoms with Crippen molar-refractivity contribution in [2.75, 3.05) is 0 Å². The summed E-state index contributed by atoms with van der Waals surface area (Å²) in [6.45, 7) is 4.43. The second-order valence-electron chi connectivity index (χ2n) is 5.32. The van der Waals surface area contributed by atoms with Crippen molar-refractivity contribution < 1.29 is 5.11 Å². The first-order chi connectivity index (χ1) is 9.18. The third-order valence-electron chi connectivity index (χ3n) is 3.94. The van der Waals surface area contributed by atoms with E-state index in [0.29, 0.717) is 5.75 Å². The van der Waals surface area contributed by atoms with Crippen LogP contribution < -0.4 is 0 Å². The Labute approximate surface area is 115 Å². The number of para-hydroxylation sites is 1. The molecule has 0 heterocycles. The molecule has 1 heteroatoms. The van der Waals surface area contributed by atoms with Gasteiger partial charge in [0.1, 0.15) is 5.75 Å². The molecular weight excluding hydrogens is 232 g/mol. The fraction of sp³-hybridized carbons (Fsp3) is 0.333. The van der Waals surface area contributed by atoms with Crippen LogP contribution in [-0.4, -0.2) is 5.11 Å². The highest BCUT2D eigenvalue weighted by Gasteiger charge is 2.30. The maximum atomic E-state index is 10.2. The summed E-state index contributed by atoms with van der Waals surface area (Å²) in [5.41, 5.74) is 2.17. The van der Waals surface area contributed by atoms with Gasteiger partial charge in [0, 0.05) is 11.0 Å². The summed E-state index contributed by atoms with van der Waals surface area (Å²) in [4.78, 5) is 0. The van der Waals surface area contributed by atoms with Gasteiger partial charge < -0.3 is 5.11 Å². The maximum absolute atomic E-state index is 10.2. The molecule has 0 aromatic heterocycles. The first-order valence-corrected chi connectivity index (χ1v) is 7.02. The van der Waals surface area contributed by atoms with E-state index in [2.05, 4.69) is 38.1 Å². The molecule has 0 aliphatic rings. The second kappa shape index (κ2) is 5.92. The Morgan fingerprint density at radius 2 is 1.58 bits per heavy atom. The predicted molar refractivity (Wildman–Crippen MR) is 80.5 cm³/mol. The molecule has 100 valence electrons. The average molecular weight is 254 g/mol. The molecule has 0 saturated heterocycles. The third kappa shape index (κ3) is 2.81. The first kappa shape index (κ1) is 13.7. The van der Waals surface area contributed by atoms with Gasteiger partial charge in [-0.1, -0.05) is 75.2 Å². The fourth-order valence-corrected chi connectivity index (χ4v) is 2.71. The molecule has 0 fully saturated rings. The zero-order chi connectivity index (χ0) is 13.7. The van der Waals surface area contributed by atoms with Crippen molar-refractivity contribution in [2.24, 2.45) is 0 Å². The van der Waals surface area contributed by atoms with Crippen LogP contribution in [0.2, 0.25) is 0 Å². The van der Waals surface area contributed by atoms with Crippen LogP contribution in [0.25, 0.3) is 0 Å². The molecule has 2 rings (SSSR count). The van der Waals surface area contributed by atoms with E-state index in [-0.39, 0.29) is 5.41 Å². The van der Waals surface area contributed by atoms with Gasteiger partial charge in [0.2, 0.25) is 0 Å². The monoisotopic (exact) mass is 254 g/mol. The number of rotatable bonds is 5. The molecule has 19 heavy (non-hydrogen) atoms. The van der Waals surface area contributed by atoms with Crippen LogP contribution >= 0.6 is 0 Å². The normalized spacial score (nSPS) is 14.0. The Morgan fingerprint density at radius 1 is 0.947 bits per heavy atom. The molecule has 0 aliphatic carbocycles. The van der Waals surface area contributed by atoms with Crippen molar-refractivity contribution in [1.29, 1.82) is 0 Å². The van der Waals surface area contributed by atoms with E-state index in [1.54, 1.807) is 6.07 Å². The molecule has 0 radical (unpaired) electrons. The molecule has 0 saturated carbocycles. The lowest BCUT2D eigenvalue weighted by atomic mass is 9.72. The van der Waals surface area contributed by atoms with Crippen molar-refractivity contribution in [3.8, 4) is 5.75 Å². The Morgan fingerprint density at radius 3 is 2.21 bits per heavy atom. The highest BCUT2D eigenvalue weighted by Crippen LogP contribution is 2.40. The maximum Gasteiger partial charge on any atom is 0.119 e. The van der Waals surface area contributed by atoms with E-state index in [1.807, 2.05) is 24.3 Å². The molecule has 0 amide bonds. The lowest BCUT2D eigenvalue weighted by Gasteiger charge is -2.31. The molecule has 1 nitrogen and oxygen atoms in total. The average Bonchev–Trinajstić information content (AvgIpc) is 2.46. The number of hydrogen-bond acceptors (Lipinski definition) is 1. The third-order valence-corrected chi connectivity index (χ3v) is 3.94. The second-order valence-corrected chi connectivity index (χ2v) is 5.32. The molecule has 2 aromatic carbocycles. The molecule has 1 unspecified atom stereocenters. The minimum absolute atomic E-state index is 0.122. The summed E-state index contributed by atoms with van der Waals surface area (Å²) in [5.74, 6) is 0.393. The summed E-state index contributed by atoms with van der Waals surface area (Å²) in [6, 6.07) is 18.2. The standard InChI is InChI=1S/C18H22O/c1-3-4-14-18(2,15-10-6-5-7-11-15)16-12-8-9-13-17(16)19/h5-13,19H,3-4,14H2,1-2H3. The van der Waals surface area contributed by atoms with Crippen LogP contribution in [-0.2, 0) is 5.41 Å². The van der Waals surface area contributed by atoms with E-state index in [9.17, 15) is 5.11 Å². The molecule has 1 atom stereocenters. The zero-order valence-corrected chi connectivity index (χ0v) is 11.8. The molecule has 0 spiro atoms. The van der Waals surface area contributed by atoms with E-state index in [4.69, 9.17) is 0 Å². The lowest BCUT2D eigenvalue weighted by Crippen LogP contribution is -2.23. The minimum Gasteiger partial charge on any atom is -0.508 e. The van der Waals surface area contributed by atoms with Gasteiger partial charge in [-0.3, -0.25) is 0 Å². The van der Waals surface area contributed by atoms with Gasteiger partial charge in [-0.25, -0.2) is 0 Å². The first-order valence-electron chi connectivity index (χ1n) is 7.02. The molecular formula is C18H22O. The van der Waals surface area contributed by atoms with Crippen molar-refractivity contribution in [3.63, 3.8) is 0 Å². The highest BCUT2D eigenvalue weighted by molar-refractivity contribution is 5.45. The largest absolute Gasteiger partial charge is 0.508 e. The van der Waals surface area contributed by atoms with E-state index < -0.39 is 0 Å². The number of aromatic hydroxyl groups is 1. The lowest BCUT2D eigenvalue weighted by molar-refractivity contribution is 0.428.